The van der Waals surface area contributed by atoms with Crippen LogP contribution in [0.25, 0.3) is 0 Å². The quantitative estimate of drug-likeness (QED) is 0.573. The summed E-state index contributed by atoms with van der Waals surface area (Å²) in [6.07, 6.45) is 0.230. The Hall–Kier alpha value is -3.09. The number of alkyl halides is 3. The van der Waals surface area contributed by atoms with Crippen LogP contribution in [0.4, 0.5) is 24.5 Å². The van der Waals surface area contributed by atoms with Gasteiger partial charge in [-0.15, -0.1) is 0 Å². The van der Waals surface area contributed by atoms with E-state index >= 15 is 0 Å². The number of benzene rings is 1. The Morgan fingerprint density at radius 2 is 1.86 bits per heavy atom. The molecule has 2 N–H and O–H groups in total. The van der Waals surface area contributed by atoms with E-state index in [0.717, 1.165) is 37.7 Å². The molecule has 3 heterocycles. The van der Waals surface area contributed by atoms with E-state index in [1.54, 1.807) is 4.68 Å². The zero-order valence-electron chi connectivity index (χ0n) is 19.6. The molecule has 3 aliphatic rings. The maximum Gasteiger partial charge on any atom is 0.416 e. The maximum absolute atomic E-state index is 13.2. The SMILES string of the molecule is CS(=O)(=O)CC(=O)Nc1c(CCC2CC2)nn2c1C(=O)NC1(CN(c3ccc(C(F)(F)F)cc3)C1)C2. The number of carbonyl (C=O) groups excluding carboxylic acids is 2. The van der Waals surface area contributed by atoms with Crippen molar-refractivity contribution in [3.63, 3.8) is 0 Å². The van der Waals surface area contributed by atoms with E-state index in [9.17, 15) is 31.2 Å². The molecule has 2 aromatic rings. The summed E-state index contributed by atoms with van der Waals surface area (Å²) in [6.45, 7) is 1.09. The van der Waals surface area contributed by atoms with Crippen LogP contribution in [-0.4, -0.2) is 60.6 Å². The van der Waals surface area contributed by atoms with Crippen molar-refractivity contribution in [2.24, 2.45) is 5.92 Å². The number of fused-ring (bicyclic) bond motifs is 1. The Kier molecular flexibility index (Phi) is 5.80. The lowest BCUT2D eigenvalue weighted by Crippen LogP contribution is -2.74. The van der Waals surface area contributed by atoms with Crippen LogP contribution >= 0.6 is 0 Å². The molecule has 36 heavy (non-hydrogen) atoms. The average molecular weight is 526 g/mol. The maximum atomic E-state index is 13.2. The van der Waals surface area contributed by atoms with Gasteiger partial charge >= 0.3 is 6.18 Å². The van der Waals surface area contributed by atoms with Crippen molar-refractivity contribution < 1.29 is 31.2 Å². The Morgan fingerprint density at radius 3 is 2.44 bits per heavy atom. The third kappa shape index (κ3) is 5.06. The van der Waals surface area contributed by atoms with Gasteiger partial charge in [0, 0.05) is 25.0 Å². The van der Waals surface area contributed by atoms with E-state index < -0.39 is 44.7 Å². The first-order valence-electron chi connectivity index (χ1n) is 11.6. The van der Waals surface area contributed by atoms with Gasteiger partial charge in [0.15, 0.2) is 9.84 Å². The molecule has 0 unspecified atom stereocenters. The Balaban J connectivity index is 1.34. The molecule has 2 fully saturated rings. The van der Waals surface area contributed by atoms with Gasteiger partial charge in [-0.2, -0.15) is 18.3 Å². The van der Waals surface area contributed by atoms with Crippen LogP contribution in [0.2, 0.25) is 0 Å². The minimum Gasteiger partial charge on any atom is -0.367 e. The molecule has 194 valence electrons. The highest BCUT2D eigenvalue weighted by atomic mass is 32.2. The molecule has 1 aliphatic carbocycles. The van der Waals surface area contributed by atoms with Crippen molar-refractivity contribution >= 4 is 33.0 Å². The second kappa shape index (κ2) is 8.49. The Morgan fingerprint density at radius 1 is 1.19 bits per heavy atom. The molecule has 9 nitrogen and oxygen atoms in total. The largest absolute Gasteiger partial charge is 0.416 e. The second-order valence-electron chi connectivity index (χ2n) is 10.1. The van der Waals surface area contributed by atoms with Gasteiger partial charge in [-0.3, -0.25) is 14.3 Å². The summed E-state index contributed by atoms with van der Waals surface area (Å²) in [5.41, 5.74) is 0.216. The van der Waals surface area contributed by atoms with Gasteiger partial charge in [-0.05, 0) is 43.0 Å². The number of amides is 2. The van der Waals surface area contributed by atoms with E-state index in [-0.39, 0.29) is 11.4 Å². The minimum absolute atomic E-state index is 0.182. The molecule has 1 saturated heterocycles. The molecule has 5 rings (SSSR count). The van der Waals surface area contributed by atoms with Gasteiger partial charge in [0.1, 0.15) is 11.4 Å². The third-order valence-corrected chi connectivity index (χ3v) is 7.55. The van der Waals surface area contributed by atoms with Crippen molar-refractivity contribution in [2.75, 3.05) is 35.3 Å². The van der Waals surface area contributed by atoms with Gasteiger partial charge < -0.3 is 15.5 Å². The number of hydrogen-bond donors (Lipinski definition) is 2. The monoisotopic (exact) mass is 525 g/mol. The number of aryl methyl sites for hydroxylation is 1. The van der Waals surface area contributed by atoms with Crippen LogP contribution in [0, 0.1) is 5.92 Å². The van der Waals surface area contributed by atoms with Gasteiger partial charge in [0.2, 0.25) is 5.91 Å². The lowest BCUT2D eigenvalue weighted by molar-refractivity contribution is -0.137. The van der Waals surface area contributed by atoms with Crippen molar-refractivity contribution in [1.29, 1.82) is 0 Å². The van der Waals surface area contributed by atoms with Gasteiger partial charge in [-0.25, -0.2) is 8.42 Å². The number of carbonyl (C=O) groups is 2. The number of nitrogens with zero attached hydrogens (tertiary/aromatic N) is 3. The molecule has 1 aromatic carbocycles. The number of anilines is 2. The summed E-state index contributed by atoms with van der Waals surface area (Å²) >= 11 is 0. The fourth-order valence-electron chi connectivity index (χ4n) is 4.86. The first-order valence-corrected chi connectivity index (χ1v) is 13.7. The lowest BCUT2D eigenvalue weighted by Gasteiger charge is -2.53. The second-order valence-corrected chi connectivity index (χ2v) is 12.2. The van der Waals surface area contributed by atoms with Crippen molar-refractivity contribution in [1.82, 2.24) is 15.1 Å². The summed E-state index contributed by atoms with van der Waals surface area (Å²) in [5.74, 6) is -1.28. The fraction of sp³-hybridized carbons (Fsp3) is 0.522. The van der Waals surface area contributed by atoms with Crippen LogP contribution in [0.15, 0.2) is 24.3 Å². The summed E-state index contributed by atoms with van der Waals surface area (Å²) in [5, 5.41) is 10.2. The fourth-order valence-corrected chi connectivity index (χ4v) is 5.41. The first kappa shape index (κ1) is 24.6. The molecule has 2 aliphatic heterocycles. The van der Waals surface area contributed by atoms with Crippen molar-refractivity contribution in [2.45, 2.75) is 43.9 Å². The normalized spacial score (nSPS) is 19.0. The number of halogens is 3. The standard InChI is InChI=1S/C23H26F3N5O4S/c1-36(34,35)10-18(32)27-19-17(9-4-14-2-3-14)29-31-13-22(28-21(33)20(19)31)11-30(12-22)16-7-5-15(6-8-16)23(24,25)26/h5-8,14H,2-4,9-13H2,1H3,(H,27,32)(H,28,33). The lowest BCUT2D eigenvalue weighted by atomic mass is 9.87. The molecule has 2 amide bonds. The average Bonchev–Trinajstić information content (AvgIpc) is 3.50. The molecule has 0 radical (unpaired) electrons. The van der Waals surface area contributed by atoms with Gasteiger partial charge in [-0.1, -0.05) is 12.8 Å². The highest BCUT2D eigenvalue weighted by Crippen LogP contribution is 2.38. The third-order valence-electron chi connectivity index (χ3n) is 6.76. The summed E-state index contributed by atoms with van der Waals surface area (Å²) in [6, 6.07) is 4.88. The topological polar surface area (TPSA) is 113 Å². The summed E-state index contributed by atoms with van der Waals surface area (Å²) < 4.78 is 63.2. The van der Waals surface area contributed by atoms with E-state index in [0.29, 0.717) is 43.4 Å². The summed E-state index contributed by atoms with van der Waals surface area (Å²) in [4.78, 5) is 27.4. The molecular formula is C23H26F3N5O4S. The number of aromatic nitrogens is 2. The van der Waals surface area contributed by atoms with Crippen LogP contribution < -0.4 is 15.5 Å². The number of nitrogens with one attached hydrogen (secondary N) is 2. The van der Waals surface area contributed by atoms with Crippen LogP contribution in [0.1, 0.15) is 41.0 Å². The van der Waals surface area contributed by atoms with Gasteiger partial charge in [0.25, 0.3) is 5.91 Å². The predicted molar refractivity (Wildman–Crippen MR) is 125 cm³/mol. The molecule has 1 aromatic heterocycles. The molecular weight excluding hydrogens is 499 g/mol. The highest BCUT2D eigenvalue weighted by molar-refractivity contribution is 7.91. The molecule has 1 saturated carbocycles. The summed E-state index contributed by atoms with van der Waals surface area (Å²) in [7, 11) is -3.55. The molecule has 0 atom stereocenters. The zero-order chi connectivity index (χ0) is 25.9. The first-order chi connectivity index (χ1) is 16.8. The molecule has 1 spiro atoms. The Labute approximate surface area is 205 Å². The molecule has 0 bridgehead atoms. The number of rotatable bonds is 7. The van der Waals surface area contributed by atoms with E-state index in [1.807, 2.05) is 4.90 Å². The smallest absolute Gasteiger partial charge is 0.367 e. The molecule has 13 heteroatoms. The van der Waals surface area contributed by atoms with Crippen LogP contribution in [0.3, 0.4) is 0 Å². The van der Waals surface area contributed by atoms with Crippen LogP contribution in [0.5, 0.6) is 0 Å². The van der Waals surface area contributed by atoms with E-state index in [1.165, 1.54) is 12.1 Å². The Bertz CT molecular complexity index is 1310. The van der Waals surface area contributed by atoms with Crippen LogP contribution in [-0.2, 0) is 33.8 Å². The van der Waals surface area contributed by atoms with Gasteiger partial charge in [0.05, 0.1) is 29.0 Å². The van der Waals surface area contributed by atoms with Crippen molar-refractivity contribution in [3.8, 4) is 0 Å². The predicted octanol–water partition coefficient (Wildman–Crippen LogP) is 2.23. The van der Waals surface area contributed by atoms with E-state index in [4.69, 9.17) is 0 Å². The van der Waals surface area contributed by atoms with E-state index in [2.05, 4.69) is 15.7 Å². The highest BCUT2D eigenvalue weighted by Gasteiger charge is 2.49. The number of sulfone groups is 1. The zero-order valence-corrected chi connectivity index (χ0v) is 20.4. The van der Waals surface area contributed by atoms with Crippen molar-refractivity contribution in [3.05, 3.63) is 41.2 Å². The minimum atomic E-state index is -4.41. The number of hydrogen-bond acceptors (Lipinski definition) is 6.